The van der Waals surface area contributed by atoms with Crippen LogP contribution >= 0.6 is 0 Å². The summed E-state index contributed by atoms with van der Waals surface area (Å²) in [6, 6.07) is 7.23. The maximum atomic E-state index is 13.7. The number of carbonyl (C=O) groups is 1. The number of ether oxygens (including phenoxy) is 1. The summed E-state index contributed by atoms with van der Waals surface area (Å²) in [6.45, 7) is 0.944. The molecule has 1 aromatic heterocycles. The number of nitrogens with zero attached hydrogens (tertiary/aromatic N) is 1. The molecular formula is C19H19FN2O3. The Hall–Kier alpha value is -2.94. The number of benzene rings is 1. The van der Waals surface area contributed by atoms with E-state index in [1.807, 2.05) is 0 Å². The Morgan fingerprint density at radius 2 is 2.32 bits per heavy atom. The highest BCUT2D eigenvalue weighted by Crippen LogP contribution is 2.32. The molecule has 5 nitrogen and oxygen atoms in total. The van der Waals surface area contributed by atoms with Crippen LogP contribution in [0.3, 0.4) is 0 Å². The quantitative estimate of drug-likeness (QED) is 0.866. The fourth-order valence-electron chi connectivity index (χ4n) is 2.84. The number of hydrogen-bond donors (Lipinski definition) is 1. The topological polar surface area (TPSA) is 54.7 Å². The van der Waals surface area contributed by atoms with Gasteiger partial charge < -0.3 is 19.4 Å². The molecule has 0 saturated heterocycles. The van der Waals surface area contributed by atoms with Gasteiger partial charge in [-0.15, -0.1) is 6.42 Å². The van der Waals surface area contributed by atoms with Crippen molar-refractivity contribution in [3.05, 3.63) is 53.7 Å². The van der Waals surface area contributed by atoms with Gasteiger partial charge in [0.2, 0.25) is 0 Å². The smallest absolute Gasteiger partial charge is 0.319 e. The Morgan fingerprint density at radius 1 is 1.44 bits per heavy atom. The molecule has 0 bridgehead atoms. The molecule has 0 fully saturated rings. The van der Waals surface area contributed by atoms with E-state index in [0.29, 0.717) is 30.1 Å². The number of urea groups is 1. The first-order valence-corrected chi connectivity index (χ1v) is 8.11. The summed E-state index contributed by atoms with van der Waals surface area (Å²) in [4.78, 5) is 14.2. The Labute approximate surface area is 145 Å². The van der Waals surface area contributed by atoms with E-state index in [9.17, 15) is 9.18 Å². The van der Waals surface area contributed by atoms with Crippen molar-refractivity contribution >= 4 is 6.03 Å². The van der Waals surface area contributed by atoms with Gasteiger partial charge in [-0.1, -0.05) is 5.92 Å². The molecule has 3 rings (SSSR count). The van der Waals surface area contributed by atoms with E-state index in [0.717, 1.165) is 6.42 Å². The lowest BCUT2D eigenvalue weighted by molar-refractivity contribution is 0.192. The molecule has 1 atom stereocenters. The molecule has 1 aromatic carbocycles. The van der Waals surface area contributed by atoms with Crippen LogP contribution in [0.4, 0.5) is 9.18 Å². The second-order valence-corrected chi connectivity index (χ2v) is 5.81. The molecular weight excluding hydrogens is 323 g/mol. The standard InChI is InChI=1S/C19H19FN2O3/c1-2-9-22(13-15-5-3-10-24-15)19(23)21-17-6-4-11-25-18-8-7-14(20)12-16(17)18/h1,3,5,7-8,10,12,17H,4,6,9,11,13H2,(H,21,23)/t17-/m1/s1. The third kappa shape index (κ3) is 4.13. The third-order valence-corrected chi connectivity index (χ3v) is 4.04. The summed E-state index contributed by atoms with van der Waals surface area (Å²) in [6.07, 6.45) is 8.34. The fourth-order valence-corrected chi connectivity index (χ4v) is 2.84. The van der Waals surface area contributed by atoms with Gasteiger partial charge in [-0.2, -0.15) is 0 Å². The van der Waals surface area contributed by atoms with Crippen molar-refractivity contribution in [1.82, 2.24) is 10.2 Å². The minimum atomic E-state index is -0.362. The molecule has 1 N–H and O–H groups in total. The lowest BCUT2D eigenvalue weighted by atomic mass is 10.0. The largest absolute Gasteiger partial charge is 0.493 e. The van der Waals surface area contributed by atoms with E-state index >= 15 is 0 Å². The number of hydrogen-bond acceptors (Lipinski definition) is 3. The number of furan rings is 1. The molecule has 2 amide bonds. The first-order chi connectivity index (χ1) is 12.2. The van der Waals surface area contributed by atoms with Crippen LogP contribution < -0.4 is 10.1 Å². The summed E-state index contributed by atoms with van der Waals surface area (Å²) in [7, 11) is 0. The number of fused-ring (bicyclic) bond motifs is 1. The van der Waals surface area contributed by atoms with Gasteiger partial charge in [-0.3, -0.25) is 0 Å². The number of nitrogens with one attached hydrogen (secondary N) is 1. The lowest BCUT2D eigenvalue weighted by Gasteiger charge is -2.24. The first kappa shape index (κ1) is 16.9. The zero-order chi connectivity index (χ0) is 17.6. The van der Waals surface area contributed by atoms with E-state index in [2.05, 4.69) is 11.2 Å². The average molecular weight is 342 g/mol. The van der Waals surface area contributed by atoms with Crippen molar-refractivity contribution in [3.8, 4) is 18.1 Å². The molecule has 1 aliphatic heterocycles. The van der Waals surface area contributed by atoms with E-state index in [4.69, 9.17) is 15.6 Å². The average Bonchev–Trinajstić information content (AvgIpc) is 3.03. The lowest BCUT2D eigenvalue weighted by Crippen LogP contribution is -2.41. The number of amides is 2. The van der Waals surface area contributed by atoms with Gasteiger partial charge in [-0.05, 0) is 43.2 Å². The summed E-state index contributed by atoms with van der Waals surface area (Å²) in [5.74, 6) is 3.35. The molecule has 0 radical (unpaired) electrons. The predicted octanol–water partition coefficient (Wildman–Crippen LogP) is 3.48. The van der Waals surface area contributed by atoms with Crippen LogP contribution in [0, 0.1) is 18.2 Å². The van der Waals surface area contributed by atoms with E-state index in [-0.39, 0.29) is 31.0 Å². The highest BCUT2D eigenvalue weighted by atomic mass is 19.1. The zero-order valence-electron chi connectivity index (χ0n) is 13.7. The summed E-state index contributed by atoms with van der Waals surface area (Å²) in [5.41, 5.74) is 0.643. The van der Waals surface area contributed by atoms with Crippen LogP contribution in [0.1, 0.15) is 30.2 Å². The second kappa shape index (κ2) is 7.75. The zero-order valence-corrected chi connectivity index (χ0v) is 13.7. The molecule has 25 heavy (non-hydrogen) atoms. The minimum absolute atomic E-state index is 0.145. The fraction of sp³-hybridized carbons (Fsp3) is 0.316. The maximum Gasteiger partial charge on any atom is 0.319 e. The van der Waals surface area contributed by atoms with Gasteiger partial charge in [0.1, 0.15) is 17.3 Å². The molecule has 2 heterocycles. The van der Waals surface area contributed by atoms with Crippen molar-refractivity contribution in [2.75, 3.05) is 13.2 Å². The van der Waals surface area contributed by atoms with Crippen LogP contribution in [0.2, 0.25) is 0 Å². The van der Waals surface area contributed by atoms with Crippen LogP contribution in [0.25, 0.3) is 0 Å². The Kier molecular flexibility index (Phi) is 5.24. The summed E-state index contributed by atoms with van der Waals surface area (Å²) < 4.78 is 24.6. The SMILES string of the molecule is C#CCN(Cc1ccco1)C(=O)N[C@@H]1CCCOc2ccc(F)cc21. The highest BCUT2D eigenvalue weighted by Gasteiger charge is 2.24. The monoisotopic (exact) mass is 342 g/mol. The molecule has 6 heteroatoms. The van der Waals surface area contributed by atoms with Gasteiger partial charge in [-0.25, -0.2) is 9.18 Å². The van der Waals surface area contributed by atoms with E-state index < -0.39 is 0 Å². The molecule has 130 valence electrons. The summed E-state index contributed by atoms with van der Waals surface area (Å²) >= 11 is 0. The van der Waals surface area contributed by atoms with Crippen LogP contribution in [-0.2, 0) is 6.54 Å². The molecule has 0 spiro atoms. The molecule has 2 aromatic rings. The number of halogens is 1. The third-order valence-electron chi connectivity index (χ3n) is 4.04. The normalized spacial score (nSPS) is 16.1. The van der Waals surface area contributed by atoms with Crippen molar-refractivity contribution < 1.29 is 18.3 Å². The molecule has 0 unspecified atom stereocenters. The van der Waals surface area contributed by atoms with Gasteiger partial charge in [0.15, 0.2) is 0 Å². The Morgan fingerprint density at radius 3 is 3.08 bits per heavy atom. The highest BCUT2D eigenvalue weighted by molar-refractivity contribution is 5.75. The van der Waals surface area contributed by atoms with Crippen LogP contribution in [0.15, 0.2) is 41.0 Å². The van der Waals surface area contributed by atoms with Gasteiger partial charge in [0.25, 0.3) is 0 Å². The van der Waals surface area contributed by atoms with Gasteiger partial charge >= 0.3 is 6.03 Å². The van der Waals surface area contributed by atoms with E-state index in [1.54, 1.807) is 24.5 Å². The first-order valence-electron chi connectivity index (χ1n) is 8.11. The second-order valence-electron chi connectivity index (χ2n) is 5.81. The van der Waals surface area contributed by atoms with Crippen LogP contribution in [-0.4, -0.2) is 24.1 Å². The van der Waals surface area contributed by atoms with Crippen molar-refractivity contribution in [3.63, 3.8) is 0 Å². The van der Waals surface area contributed by atoms with E-state index in [1.165, 1.54) is 17.0 Å². The van der Waals surface area contributed by atoms with Crippen molar-refractivity contribution in [2.45, 2.75) is 25.4 Å². The molecule has 0 aliphatic carbocycles. The van der Waals surface area contributed by atoms with Crippen molar-refractivity contribution in [2.24, 2.45) is 0 Å². The van der Waals surface area contributed by atoms with Gasteiger partial charge in [0.05, 0.1) is 32.0 Å². The number of carbonyl (C=O) groups excluding carboxylic acids is 1. The Bertz CT molecular complexity index is 767. The number of rotatable bonds is 4. The van der Waals surface area contributed by atoms with Crippen LogP contribution in [0.5, 0.6) is 5.75 Å². The van der Waals surface area contributed by atoms with Crippen molar-refractivity contribution in [1.29, 1.82) is 0 Å². The summed E-state index contributed by atoms with van der Waals surface area (Å²) in [5, 5.41) is 2.94. The van der Waals surface area contributed by atoms with Gasteiger partial charge in [0, 0.05) is 5.56 Å². The number of terminal acetylenes is 1. The Balaban J connectivity index is 1.76. The minimum Gasteiger partial charge on any atom is -0.493 e. The predicted molar refractivity (Wildman–Crippen MR) is 90.4 cm³/mol. The maximum absolute atomic E-state index is 13.7. The molecule has 1 aliphatic rings. The molecule has 0 saturated carbocycles.